The number of morpholine rings is 1. The van der Waals surface area contributed by atoms with Crippen LogP contribution in [0.15, 0.2) is 39.7 Å². The molecule has 4 rings (SSSR count). The number of halogens is 1. The first-order valence-electron chi connectivity index (χ1n) is 9.57. The van der Waals surface area contributed by atoms with Gasteiger partial charge in [0.25, 0.3) is 11.1 Å². The molecule has 2 aliphatic heterocycles. The summed E-state index contributed by atoms with van der Waals surface area (Å²) in [4.78, 5) is 51.3. The number of rotatable bonds is 5. The van der Waals surface area contributed by atoms with Crippen LogP contribution in [0, 0.1) is 0 Å². The largest absolute Gasteiger partial charge is 0.478 e. The van der Waals surface area contributed by atoms with Gasteiger partial charge in [0.2, 0.25) is 5.91 Å². The smallest absolute Gasteiger partial charge is 0.337 e. The van der Waals surface area contributed by atoms with Crippen molar-refractivity contribution in [1.29, 1.82) is 0 Å². The molecule has 32 heavy (non-hydrogen) atoms. The van der Waals surface area contributed by atoms with Gasteiger partial charge in [-0.15, -0.1) is 0 Å². The zero-order valence-electron chi connectivity index (χ0n) is 16.6. The van der Waals surface area contributed by atoms with E-state index in [4.69, 9.17) is 20.8 Å². The van der Waals surface area contributed by atoms with E-state index in [1.54, 1.807) is 23.1 Å². The molecular weight excluding hydrogens is 460 g/mol. The number of carboxylic acids is 1. The maximum atomic E-state index is 12.7. The van der Waals surface area contributed by atoms with Crippen molar-refractivity contribution in [2.45, 2.75) is 0 Å². The molecule has 2 saturated heterocycles. The Morgan fingerprint density at radius 1 is 1.16 bits per heavy atom. The van der Waals surface area contributed by atoms with Crippen LogP contribution in [0.25, 0.3) is 17.4 Å². The van der Waals surface area contributed by atoms with Crippen molar-refractivity contribution in [1.82, 2.24) is 9.80 Å². The van der Waals surface area contributed by atoms with Crippen LogP contribution in [0.4, 0.5) is 4.79 Å². The standard InChI is InChI=1S/C21H17ClN2O7S/c22-15-3-1-12(9-14(15)20(27)28)16-4-2-13(31-16)10-17-19(26)24(21(29)32-17)11-18(25)23-5-7-30-8-6-23/h1-4,9-10H,5-8,11H2,(H,27,28). The van der Waals surface area contributed by atoms with Crippen molar-refractivity contribution in [2.24, 2.45) is 0 Å². The number of carbonyl (C=O) groups is 4. The van der Waals surface area contributed by atoms with Gasteiger partial charge in [0.05, 0.1) is 28.7 Å². The highest BCUT2D eigenvalue weighted by atomic mass is 35.5. The van der Waals surface area contributed by atoms with Gasteiger partial charge in [-0.3, -0.25) is 19.3 Å². The van der Waals surface area contributed by atoms with E-state index in [9.17, 15) is 24.3 Å². The van der Waals surface area contributed by atoms with Gasteiger partial charge in [0.15, 0.2) is 0 Å². The average Bonchev–Trinajstić information content (AvgIpc) is 3.35. The first-order chi connectivity index (χ1) is 15.3. The number of aromatic carboxylic acids is 1. The number of carboxylic acid groups (broad SMARTS) is 1. The van der Waals surface area contributed by atoms with Gasteiger partial charge in [-0.1, -0.05) is 11.6 Å². The normalized spacial score (nSPS) is 18.0. The van der Waals surface area contributed by atoms with Gasteiger partial charge in [-0.2, -0.15) is 0 Å². The van der Waals surface area contributed by atoms with Crippen LogP contribution >= 0.6 is 23.4 Å². The Morgan fingerprint density at radius 3 is 2.62 bits per heavy atom. The molecular formula is C21H17ClN2O7S. The Labute approximate surface area is 191 Å². The Balaban J connectivity index is 1.49. The van der Waals surface area contributed by atoms with Gasteiger partial charge < -0.3 is 19.2 Å². The summed E-state index contributed by atoms with van der Waals surface area (Å²) in [7, 11) is 0. The number of hydrogen-bond donors (Lipinski definition) is 1. The fourth-order valence-electron chi connectivity index (χ4n) is 3.24. The fraction of sp³-hybridized carbons (Fsp3) is 0.238. The van der Waals surface area contributed by atoms with Crippen LogP contribution in [0.3, 0.4) is 0 Å². The second kappa shape index (κ2) is 9.19. The number of furan rings is 1. The highest BCUT2D eigenvalue weighted by Crippen LogP contribution is 2.34. The molecule has 166 valence electrons. The monoisotopic (exact) mass is 476 g/mol. The molecule has 3 heterocycles. The first kappa shape index (κ1) is 22.1. The molecule has 11 heteroatoms. The lowest BCUT2D eigenvalue weighted by molar-refractivity contribution is -0.139. The summed E-state index contributed by atoms with van der Waals surface area (Å²) < 4.78 is 10.9. The van der Waals surface area contributed by atoms with E-state index in [-0.39, 0.29) is 27.9 Å². The summed E-state index contributed by atoms with van der Waals surface area (Å²) in [6, 6.07) is 7.67. The van der Waals surface area contributed by atoms with Crippen LogP contribution in [0.1, 0.15) is 16.1 Å². The third kappa shape index (κ3) is 4.57. The van der Waals surface area contributed by atoms with E-state index in [1.165, 1.54) is 18.2 Å². The topological polar surface area (TPSA) is 117 Å². The maximum Gasteiger partial charge on any atom is 0.337 e. The summed E-state index contributed by atoms with van der Waals surface area (Å²) in [5.74, 6) is -1.37. The number of ether oxygens (including phenoxy) is 1. The SMILES string of the molecule is O=C(O)c1cc(-c2ccc(C=C3SC(=O)N(CC(=O)N4CCOCC4)C3=O)o2)ccc1Cl. The van der Waals surface area contributed by atoms with Crippen molar-refractivity contribution in [3.05, 3.63) is 51.6 Å². The Morgan fingerprint density at radius 2 is 1.91 bits per heavy atom. The third-order valence-electron chi connectivity index (χ3n) is 4.91. The highest BCUT2D eigenvalue weighted by molar-refractivity contribution is 8.18. The number of thioether (sulfide) groups is 1. The summed E-state index contributed by atoms with van der Waals surface area (Å²) >= 11 is 6.62. The van der Waals surface area contributed by atoms with Crippen LogP contribution < -0.4 is 0 Å². The molecule has 0 saturated carbocycles. The van der Waals surface area contributed by atoms with Crippen molar-refractivity contribution >= 4 is 52.5 Å². The molecule has 0 spiro atoms. The lowest BCUT2D eigenvalue weighted by Gasteiger charge is -2.27. The van der Waals surface area contributed by atoms with Gasteiger partial charge in [0.1, 0.15) is 18.1 Å². The molecule has 9 nitrogen and oxygen atoms in total. The average molecular weight is 477 g/mol. The predicted molar refractivity (Wildman–Crippen MR) is 116 cm³/mol. The van der Waals surface area contributed by atoms with E-state index >= 15 is 0 Å². The second-order valence-corrected chi connectivity index (χ2v) is 8.36. The molecule has 0 bridgehead atoms. The maximum absolute atomic E-state index is 12.7. The lowest BCUT2D eigenvalue weighted by Crippen LogP contribution is -2.46. The Kier molecular flexibility index (Phi) is 6.35. The minimum Gasteiger partial charge on any atom is -0.478 e. The van der Waals surface area contributed by atoms with E-state index in [0.717, 1.165) is 16.7 Å². The van der Waals surface area contributed by atoms with Crippen LogP contribution in [0.5, 0.6) is 0 Å². The van der Waals surface area contributed by atoms with E-state index in [1.807, 2.05) is 0 Å². The van der Waals surface area contributed by atoms with E-state index in [2.05, 4.69) is 0 Å². The predicted octanol–water partition coefficient (Wildman–Crippen LogP) is 3.19. The Bertz CT molecular complexity index is 1140. The van der Waals surface area contributed by atoms with Crippen LogP contribution in [0.2, 0.25) is 5.02 Å². The number of benzene rings is 1. The lowest BCUT2D eigenvalue weighted by atomic mass is 10.1. The molecule has 0 aliphatic carbocycles. The minimum atomic E-state index is -1.16. The molecule has 2 aliphatic rings. The molecule has 2 fully saturated rings. The molecule has 1 N–H and O–H groups in total. The minimum absolute atomic E-state index is 0.0619. The summed E-state index contributed by atoms with van der Waals surface area (Å²) in [5.41, 5.74) is 0.434. The molecule has 0 unspecified atom stereocenters. The number of imide groups is 1. The zero-order valence-corrected chi connectivity index (χ0v) is 18.1. The van der Waals surface area contributed by atoms with Gasteiger partial charge in [-0.25, -0.2) is 4.79 Å². The molecule has 1 aromatic heterocycles. The van der Waals surface area contributed by atoms with Gasteiger partial charge in [-0.05, 0) is 42.1 Å². The number of carbonyl (C=O) groups excluding carboxylic acids is 3. The van der Waals surface area contributed by atoms with Crippen molar-refractivity contribution < 1.29 is 33.4 Å². The van der Waals surface area contributed by atoms with Crippen molar-refractivity contribution in [2.75, 3.05) is 32.8 Å². The second-order valence-electron chi connectivity index (χ2n) is 6.96. The fourth-order valence-corrected chi connectivity index (χ4v) is 4.26. The van der Waals surface area contributed by atoms with Gasteiger partial charge >= 0.3 is 5.97 Å². The summed E-state index contributed by atoms with van der Waals surface area (Å²) in [6.07, 6.45) is 1.42. The third-order valence-corrected chi connectivity index (χ3v) is 6.15. The first-order valence-corrected chi connectivity index (χ1v) is 10.8. The molecule has 1 aromatic carbocycles. The van der Waals surface area contributed by atoms with E-state index < -0.39 is 17.1 Å². The van der Waals surface area contributed by atoms with Crippen molar-refractivity contribution in [3.63, 3.8) is 0 Å². The zero-order chi connectivity index (χ0) is 22.8. The number of amides is 3. The van der Waals surface area contributed by atoms with E-state index in [0.29, 0.717) is 43.4 Å². The Hall–Kier alpha value is -3.08. The van der Waals surface area contributed by atoms with Crippen LogP contribution in [-0.4, -0.2) is 70.8 Å². The van der Waals surface area contributed by atoms with Crippen molar-refractivity contribution in [3.8, 4) is 11.3 Å². The van der Waals surface area contributed by atoms with Crippen LogP contribution in [-0.2, 0) is 14.3 Å². The molecule has 0 atom stereocenters. The summed E-state index contributed by atoms with van der Waals surface area (Å²) in [5, 5.41) is 8.80. The quantitative estimate of drug-likeness (QED) is 0.654. The summed E-state index contributed by atoms with van der Waals surface area (Å²) in [6.45, 7) is 1.38. The van der Waals surface area contributed by atoms with Gasteiger partial charge in [0, 0.05) is 24.7 Å². The molecule has 0 radical (unpaired) electrons. The number of nitrogens with zero attached hydrogens (tertiary/aromatic N) is 2. The highest BCUT2D eigenvalue weighted by Gasteiger charge is 2.37. The number of hydrogen-bond acceptors (Lipinski definition) is 7. The molecule has 3 amide bonds. The molecule has 2 aromatic rings.